The molecule has 2 fully saturated rings. The Bertz CT molecular complexity index is 733. The van der Waals surface area contributed by atoms with Gasteiger partial charge in [0.2, 0.25) is 0 Å². The number of nitrogens with one attached hydrogen (secondary N) is 1. The number of nitrogens with zero attached hydrogens (tertiary/aromatic N) is 5. The zero-order chi connectivity index (χ0) is 18.5. The molecule has 0 radical (unpaired) electrons. The van der Waals surface area contributed by atoms with Gasteiger partial charge >= 0.3 is 0 Å². The average molecular weight is 533 g/mol. The number of hydrogen-bond donors (Lipinski definition) is 1. The highest BCUT2D eigenvalue weighted by molar-refractivity contribution is 14.0. The van der Waals surface area contributed by atoms with Crippen LogP contribution in [0.3, 0.4) is 0 Å². The van der Waals surface area contributed by atoms with Crippen LogP contribution in [-0.2, 0) is 6.42 Å². The van der Waals surface area contributed by atoms with Gasteiger partial charge in [-0.1, -0.05) is 0 Å². The highest BCUT2D eigenvalue weighted by atomic mass is 127. The quantitative estimate of drug-likeness (QED) is 0.364. The van der Waals surface area contributed by atoms with E-state index < -0.39 is 0 Å². The lowest BCUT2D eigenvalue weighted by atomic mass is 10.3. The summed E-state index contributed by atoms with van der Waals surface area (Å²) in [7, 11) is 1.88. The second-order valence-electron chi connectivity index (χ2n) is 6.96. The number of thiazole rings is 1. The van der Waals surface area contributed by atoms with Crippen LogP contribution in [0, 0.1) is 0 Å². The molecule has 4 heterocycles. The van der Waals surface area contributed by atoms with Crippen molar-refractivity contribution in [3.63, 3.8) is 0 Å². The van der Waals surface area contributed by atoms with E-state index in [-0.39, 0.29) is 24.0 Å². The minimum absolute atomic E-state index is 0. The van der Waals surface area contributed by atoms with Crippen molar-refractivity contribution in [2.45, 2.75) is 19.3 Å². The van der Waals surface area contributed by atoms with Crippen molar-refractivity contribution in [3.05, 3.63) is 28.6 Å². The summed E-state index contributed by atoms with van der Waals surface area (Å²) in [6.45, 7) is 7.31. The number of hydrogen-bond acceptors (Lipinski definition) is 6. The molecule has 0 bridgehead atoms. The Hall–Kier alpha value is -1.07. The minimum Gasteiger partial charge on any atom is -0.360 e. The number of halogens is 1. The third-order valence-corrected chi connectivity index (χ3v) is 7.07. The Balaban J connectivity index is 0.00000225. The maximum absolute atomic E-state index is 4.81. The van der Waals surface area contributed by atoms with Gasteiger partial charge in [-0.3, -0.25) is 4.99 Å². The molecule has 2 aromatic rings. The molecule has 0 spiro atoms. The van der Waals surface area contributed by atoms with Gasteiger partial charge in [0.15, 0.2) is 11.1 Å². The summed E-state index contributed by atoms with van der Waals surface area (Å²) >= 11 is 3.60. The topological polar surface area (TPSA) is 47.0 Å². The van der Waals surface area contributed by atoms with E-state index in [4.69, 9.17) is 4.98 Å². The summed E-state index contributed by atoms with van der Waals surface area (Å²) < 4.78 is 0. The van der Waals surface area contributed by atoms with Crippen LogP contribution in [0.5, 0.6) is 0 Å². The highest BCUT2D eigenvalue weighted by Crippen LogP contribution is 2.24. The van der Waals surface area contributed by atoms with E-state index in [0.29, 0.717) is 0 Å². The molecule has 28 heavy (non-hydrogen) atoms. The fraction of sp³-hybridized carbons (Fsp3) is 0.579. The average Bonchev–Trinajstić information content (AvgIpc) is 3.48. The molecule has 2 aliphatic heterocycles. The first-order valence-electron chi connectivity index (χ1n) is 9.77. The molecule has 0 atom stereocenters. The largest absolute Gasteiger partial charge is 0.360 e. The van der Waals surface area contributed by atoms with Crippen LogP contribution < -0.4 is 15.1 Å². The lowest BCUT2D eigenvalue weighted by molar-refractivity contribution is 0.373. The van der Waals surface area contributed by atoms with Crippen molar-refractivity contribution >= 4 is 62.7 Å². The summed E-state index contributed by atoms with van der Waals surface area (Å²) in [5.74, 6) is 1.01. The van der Waals surface area contributed by atoms with Crippen LogP contribution in [0.15, 0.2) is 27.9 Å². The van der Waals surface area contributed by atoms with Crippen molar-refractivity contribution in [3.8, 4) is 0 Å². The first kappa shape index (κ1) is 21.6. The Morgan fingerprint density at radius 1 is 1.11 bits per heavy atom. The molecule has 0 saturated carbocycles. The van der Waals surface area contributed by atoms with Crippen LogP contribution >= 0.6 is 46.7 Å². The van der Waals surface area contributed by atoms with Crippen molar-refractivity contribution in [1.82, 2.24) is 15.2 Å². The second kappa shape index (κ2) is 10.6. The third kappa shape index (κ3) is 5.29. The predicted octanol–water partition coefficient (Wildman–Crippen LogP) is 3.36. The maximum atomic E-state index is 4.81. The summed E-state index contributed by atoms with van der Waals surface area (Å²) in [5, 5.41) is 10.4. The lowest BCUT2D eigenvalue weighted by Gasteiger charge is -2.37. The standard InChI is InChI=1S/C19H28N6S2.HI/c1-20-18(24-12-10-23(11-13-24)17-5-4-14-26-17)21-7-6-16-15-27-19(22-16)25-8-2-3-9-25;/h4-5,14-15H,2-3,6-13H2,1H3,(H,20,21);1H. The summed E-state index contributed by atoms with van der Waals surface area (Å²) in [6.07, 6.45) is 3.54. The van der Waals surface area contributed by atoms with Gasteiger partial charge in [-0.2, -0.15) is 0 Å². The molecule has 0 amide bonds. The maximum Gasteiger partial charge on any atom is 0.193 e. The van der Waals surface area contributed by atoms with Crippen LogP contribution in [-0.4, -0.2) is 68.7 Å². The van der Waals surface area contributed by atoms with E-state index in [0.717, 1.165) is 58.2 Å². The Morgan fingerprint density at radius 3 is 2.57 bits per heavy atom. The summed E-state index contributed by atoms with van der Waals surface area (Å²) in [6, 6.07) is 4.33. The third-order valence-electron chi connectivity index (χ3n) is 5.19. The van der Waals surface area contributed by atoms with Gasteiger partial charge in [-0.05, 0) is 30.4 Å². The number of aromatic nitrogens is 1. The molecule has 2 aliphatic rings. The number of piperazine rings is 1. The Kier molecular flexibility index (Phi) is 8.22. The first-order valence-corrected chi connectivity index (χ1v) is 11.5. The molecule has 154 valence electrons. The predicted molar refractivity (Wildman–Crippen MR) is 132 cm³/mol. The fourth-order valence-corrected chi connectivity index (χ4v) is 5.39. The van der Waals surface area contributed by atoms with Crippen LogP contribution in [0.25, 0.3) is 0 Å². The molecule has 6 nitrogen and oxygen atoms in total. The number of rotatable bonds is 5. The molecule has 2 aromatic heterocycles. The van der Waals surface area contributed by atoms with Gasteiger partial charge in [0.05, 0.1) is 10.7 Å². The highest BCUT2D eigenvalue weighted by Gasteiger charge is 2.20. The van der Waals surface area contributed by atoms with Crippen LogP contribution in [0.2, 0.25) is 0 Å². The molecular formula is C19H29IN6S2. The van der Waals surface area contributed by atoms with E-state index in [9.17, 15) is 0 Å². The molecular weight excluding hydrogens is 503 g/mol. The smallest absolute Gasteiger partial charge is 0.193 e. The second-order valence-corrected chi connectivity index (χ2v) is 8.73. The molecule has 0 unspecified atom stereocenters. The van der Waals surface area contributed by atoms with E-state index in [1.807, 2.05) is 18.4 Å². The SMILES string of the molecule is CN=C(NCCc1csc(N2CCCC2)n1)N1CCN(c2cccs2)CC1.I. The number of aliphatic imine (C=N–C) groups is 1. The number of anilines is 2. The normalized spacial score (nSPS) is 17.8. The van der Waals surface area contributed by atoms with Gasteiger partial charge in [0.25, 0.3) is 0 Å². The minimum atomic E-state index is 0. The molecule has 0 aromatic carbocycles. The zero-order valence-electron chi connectivity index (χ0n) is 16.3. The molecule has 2 saturated heterocycles. The van der Waals surface area contributed by atoms with E-state index in [1.165, 1.54) is 28.7 Å². The van der Waals surface area contributed by atoms with Gasteiger partial charge in [-0.25, -0.2) is 4.98 Å². The van der Waals surface area contributed by atoms with Gasteiger partial charge in [-0.15, -0.1) is 46.7 Å². The van der Waals surface area contributed by atoms with Crippen LogP contribution in [0.4, 0.5) is 10.1 Å². The van der Waals surface area contributed by atoms with E-state index in [2.05, 4.69) is 47.9 Å². The number of guanidine groups is 1. The van der Waals surface area contributed by atoms with E-state index >= 15 is 0 Å². The van der Waals surface area contributed by atoms with Crippen molar-refractivity contribution in [2.75, 3.05) is 62.7 Å². The van der Waals surface area contributed by atoms with Crippen molar-refractivity contribution in [1.29, 1.82) is 0 Å². The lowest BCUT2D eigenvalue weighted by Crippen LogP contribution is -2.52. The number of thiophene rings is 1. The van der Waals surface area contributed by atoms with Crippen LogP contribution in [0.1, 0.15) is 18.5 Å². The van der Waals surface area contributed by atoms with Crippen molar-refractivity contribution in [2.24, 2.45) is 4.99 Å². The molecule has 9 heteroatoms. The summed E-state index contributed by atoms with van der Waals surface area (Å²) in [4.78, 5) is 16.5. The fourth-order valence-electron chi connectivity index (χ4n) is 3.69. The van der Waals surface area contributed by atoms with Gasteiger partial charge < -0.3 is 20.0 Å². The van der Waals surface area contributed by atoms with Crippen molar-refractivity contribution < 1.29 is 0 Å². The Labute approximate surface area is 192 Å². The summed E-state index contributed by atoms with van der Waals surface area (Å²) in [5.41, 5.74) is 1.19. The molecule has 0 aliphatic carbocycles. The first-order chi connectivity index (χ1) is 13.3. The molecule has 4 rings (SSSR count). The van der Waals surface area contributed by atoms with Gasteiger partial charge in [0, 0.05) is 64.7 Å². The van der Waals surface area contributed by atoms with E-state index in [1.54, 1.807) is 11.3 Å². The van der Waals surface area contributed by atoms with Gasteiger partial charge in [0.1, 0.15) is 0 Å². The monoisotopic (exact) mass is 532 g/mol. The zero-order valence-corrected chi connectivity index (χ0v) is 20.3. The Morgan fingerprint density at radius 2 is 1.89 bits per heavy atom. The molecule has 1 N–H and O–H groups in total.